The first kappa shape index (κ1) is 25.3. The van der Waals surface area contributed by atoms with Gasteiger partial charge in [-0.25, -0.2) is 4.79 Å². The minimum absolute atomic E-state index is 0.0593. The highest BCUT2D eigenvalue weighted by Gasteiger charge is 2.46. The molecule has 0 radical (unpaired) electrons. The van der Waals surface area contributed by atoms with Crippen LogP contribution in [-0.4, -0.2) is 23.2 Å². The smallest absolute Gasteiger partial charge is 0.348 e. The molecule has 1 saturated carbocycles. The Morgan fingerprint density at radius 1 is 1.09 bits per heavy atom. The topological polar surface area (TPSA) is 43.4 Å². The van der Waals surface area contributed by atoms with Crippen molar-refractivity contribution in [3.63, 3.8) is 0 Å². The van der Waals surface area contributed by atoms with Crippen molar-refractivity contribution in [3.05, 3.63) is 57.3 Å². The van der Waals surface area contributed by atoms with Crippen LogP contribution >= 0.6 is 34.5 Å². The molecule has 6 heteroatoms. The number of esters is 1. The zero-order valence-electron chi connectivity index (χ0n) is 18.9. The lowest BCUT2D eigenvalue weighted by molar-refractivity contribution is 0.0606. The molecule has 0 amide bonds. The van der Waals surface area contributed by atoms with Crippen molar-refractivity contribution in [1.29, 1.82) is 0 Å². The van der Waals surface area contributed by atoms with Crippen LogP contribution in [0.4, 0.5) is 0 Å². The molecule has 174 valence electrons. The molecule has 2 unspecified atom stereocenters. The zero-order chi connectivity index (χ0) is 23.1. The van der Waals surface area contributed by atoms with Crippen LogP contribution < -0.4 is 0 Å². The van der Waals surface area contributed by atoms with Gasteiger partial charge in [0.25, 0.3) is 0 Å². The van der Waals surface area contributed by atoms with Crippen LogP contribution in [0.1, 0.15) is 94.7 Å². The summed E-state index contributed by atoms with van der Waals surface area (Å²) in [5.41, 5.74) is 1.89. The summed E-state index contributed by atoms with van der Waals surface area (Å²) in [6.45, 7) is 2.14. The van der Waals surface area contributed by atoms with E-state index in [0.29, 0.717) is 17.2 Å². The highest BCUT2D eigenvalue weighted by atomic mass is 35.5. The fourth-order valence-electron chi connectivity index (χ4n) is 4.69. The maximum absolute atomic E-state index is 12.4. The number of rotatable bonds is 11. The maximum atomic E-state index is 12.4. The number of carbonyl (C=O) groups is 2. The Kier molecular flexibility index (Phi) is 9.22. The molecular formula is C26H32Cl2O3S. The van der Waals surface area contributed by atoms with E-state index in [9.17, 15) is 9.59 Å². The van der Waals surface area contributed by atoms with Gasteiger partial charge in [-0.3, -0.25) is 4.79 Å². The molecule has 2 aromatic rings. The van der Waals surface area contributed by atoms with E-state index in [1.165, 1.54) is 23.3 Å². The van der Waals surface area contributed by atoms with E-state index >= 15 is 0 Å². The van der Waals surface area contributed by atoms with E-state index in [1.807, 2.05) is 36.4 Å². The van der Waals surface area contributed by atoms with Crippen LogP contribution in [-0.2, 0) is 11.2 Å². The molecule has 0 saturated heterocycles. The van der Waals surface area contributed by atoms with Gasteiger partial charge in [0.15, 0.2) is 5.78 Å². The Bertz CT molecular complexity index is 904. The van der Waals surface area contributed by atoms with Crippen molar-refractivity contribution in [2.45, 2.75) is 75.0 Å². The normalized spacial score (nSPS) is 19.8. The summed E-state index contributed by atoms with van der Waals surface area (Å²) in [6, 6.07) is 11.8. The largest absolute Gasteiger partial charge is 0.465 e. The lowest BCUT2D eigenvalue weighted by Crippen LogP contribution is -2.21. The summed E-state index contributed by atoms with van der Waals surface area (Å²) >= 11 is 15.0. The van der Waals surface area contributed by atoms with Crippen molar-refractivity contribution in [2.75, 3.05) is 7.11 Å². The fraction of sp³-hybridized carbons (Fsp3) is 0.538. The third kappa shape index (κ3) is 6.36. The molecule has 1 heterocycles. The number of hydrogen-bond acceptors (Lipinski definition) is 4. The summed E-state index contributed by atoms with van der Waals surface area (Å²) in [5.74, 6) is 0.386. The Hall–Kier alpha value is -1.36. The van der Waals surface area contributed by atoms with E-state index in [0.717, 1.165) is 62.5 Å². The number of halogens is 2. The molecule has 1 aromatic heterocycles. The molecule has 1 aliphatic rings. The number of carbonyl (C=O) groups excluding carboxylic acids is 2. The number of thiophene rings is 1. The van der Waals surface area contributed by atoms with Crippen LogP contribution in [0.3, 0.4) is 0 Å². The molecule has 2 atom stereocenters. The number of ketones is 1. The van der Waals surface area contributed by atoms with Gasteiger partial charge in [0.2, 0.25) is 0 Å². The zero-order valence-corrected chi connectivity index (χ0v) is 21.2. The van der Waals surface area contributed by atoms with Crippen molar-refractivity contribution in [3.8, 4) is 0 Å². The third-order valence-electron chi connectivity index (χ3n) is 6.42. The summed E-state index contributed by atoms with van der Waals surface area (Å²) in [7, 11) is 1.40. The van der Waals surface area contributed by atoms with E-state index in [2.05, 4.69) is 6.92 Å². The first-order chi connectivity index (χ1) is 15.4. The van der Waals surface area contributed by atoms with Crippen molar-refractivity contribution in [1.82, 2.24) is 0 Å². The second-order valence-electron chi connectivity index (χ2n) is 8.69. The number of methoxy groups -OCH3 is 1. The predicted molar refractivity (Wildman–Crippen MR) is 133 cm³/mol. The standard InChI is InChI=1S/C26H32Cl2O3S/c1-3-4-5-9-22(29)18-10-12-20(13-11-18)24-19(16-17-26(24,27)28)7-6-8-21-14-15-23(32-21)25(30)31-2/h10-15,19,24H,3-9,16-17H2,1-2H3. The van der Waals surface area contributed by atoms with E-state index < -0.39 is 4.33 Å². The van der Waals surface area contributed by atoms with E-state index in [-0.39, 0.29) is 17.7 Å². The Morgan fingerprint density at radius 3 is 2.53 bits per heavy atom. The summed E-state index contributed by atoms with van der Waals surface area (Å²) in [5, 5.41) is 0. The highest BCUT2D eigenvalue weighted by Crippen LogP contribution is 2.54. The fourth-order valence-corrected chi connectivity index (χ4v) is 6.48. The van der Waals surface area contributed by atoms with Gasteiger partial charge in [-0.05, 0) is 62.1 Å². The lowest BCUT2D eigenvalue weighted by atomic mass is 9.84. The van der Waals surface area contributed by atoms with Crippen molar-refractivity contribution >= 4 is 46.3 Å². The number of unbranched alkanes of at least 4 members (excludes halogenated alkanes) is 2. The second-order valence-corrected chi connectivity index (χ2v) is 11.4. The molecule has 1 aromatic carbocycles. The lowest BCUT2D eigenvalue weighted by Gasteiger charge is -2.27. The van der Waals surface area contributed by atoms with Crippen LogP contribution in [0.25, 0.3) is 0 Å². The minimum atomic E-state index is -0.779. The number of hydrogen-bond donors (Lipinski definition) is 0. The average molecular weight is 496 g/mol. The van der Waals surface area contributed by atoms with Gasteiger partial charge in [-0.2, -0.15) is 0 Å². The van der Waals surface area contributed by atoms with Gasteiger partial charge >= 0.3 is 5.97 Å². The van der Waals surface area contributed by atoms with Crippen LogP contribution in [0.5, 0.6) is 0 Å². The van der Waals surface area contributed by atoms with Gasteiger partial charge in [0.1, 0.15) is 9.21 Å². The molecule has 0 spiro atoms. The number of alkyl halides is 2. The predicted octanol–water partition coefficient (Wildman–Crippen LogP) is 7.99. The molecule has 1 aliphatic carbocycles. The monoisotopic (exact) mass is 494 g/mol. The van der Waals surface area contributed by atoms with Crippen molar-refractivity contribution in [2.24, 2.45) is 5.92 Å². The van der Waals surface area contributed by atoms with Crippen molar-refractivity contribution < 1.29 is 14.3 Å². The summed E-state index contributed by atoms with van der Waals surface area (Å²) in [6.07, 6.45) is 8.48. The first-order valence-corrected chi connectivity index (χ1v) is 13.1. The third-order valence-corrected chi connectivity index (χ3v) is 8.39. The number of aryl methyl sites for hydroxylation is 1. The molecule has 3 rings (SSSR count). The SMILES string of the molecule is CCCCCC(=O)c1ccc(C2C(CCCc3ccc(C(=O)OC)s3)CCC2(Cl)Cl)cc1. The molecule has 0 N–H and O–H groups in total. The summed E-state index contributed by atoms with van der Waals surface area (Å²) < 4.78 is 4.01. The molecule has 0 bridgehead atoms. The van der Waals surface area contributed by atoms with Gasteiger partial charge in [0.05, 0.1) is 7.11 Å². The Balaban J connectivity index is 1.61. The number of benzene rings is 1. The van der Waals surface area contributed by atoms with Crippen LogP contribution in [0.15, 0.2) is 36.4 Å². The Morgan fingerprint density at radius 2 is 1.84 bits per heavy atom. The van der Waals surface area contributed by atoms with E-state index in [1.54, 1.807) is 0 Å². The first-order valence-electron chi connectivity index (χ1n) is 11.5. The molecular weight excluding hydrogens is 463 g/mol. The maximum Gasteiger partial charge on any atom is 0.348 e. The second kappa shape index (κ2) is 11.7. The van der Waals surface area contributed by atoms with Gasteiger partial charge < -0.3 is 4.74 Å². The number of ether oxygens (including phenoxy) is 1. The molecule has 1 fully saturated rings. The van der Waals surface area contributed by atoms with Gasteiger partial charge in [0, 0.05) is 22.8 Å². The quantitative estimate of drug-likeness (QED) is 0.137. The van der Waals surface area contributed by atoms with Crippen LogP contribution in [0, 0.1) is 5.92 Å². The molecule has 0 aliphatic heterocycles. The Labute approximate surface area is 205 Å². The average Bonchev–Trinajstić information content (AvgIpc) is 3.37. The minimum Gasteiger partial charge on any atom is -0.465 e. The van der Waals surface area contributed by atoms with Gasteiger partial charge in [-0.15, -0.1) is 34.5 Å². The summed E-state index contributed by atoms with van der Waals surface area (Å²) in [4.78, 5) is 25.9. The van der Waals surface area contributed by atoms with Crippen LogP contribution in [0.2, 0.25) is 0 Å². The molecule has 3 nitrogen and oxygen atoms in total. The van der Waals surface area contributed by atoms with E-state index in [4.69, 9.17) is 27.9 Å². The number of Topliss-reactive ketones (excluding diaryl/α,β-unsaturated/α-hetero) is 1. The molecule has 32 heavy (non-hydrogen) atoms. The van der Waals surface area contributed by atoms with Gasteiger partial charge in [-0.1, -0.05) is 44.0 Å². The highest BCUT2D eigenvalue weighted by molar-refractivity contribution is 7.13.